The Balaban J connectivity index is 4.43. The van der Waals surface area contributed by atoms with Crippen LogP contribution < -0.4 is 0 Å². The third-order valence-electron chi connectivity index (χ3n) is 9.08. The van der Waals surface area contributed by atoms with Crippen molar-refractivity contribution >= 4 is 11.9 Å². The molecular weight excluding hydrogens is 693 g/mol. The van der Waals surface area contributed by atoms with E-state index in [1.54, 1.807) is 0 Å². The van der Waals surface area contributed by atoms with Gasteiger partial charge in [0.05, 0.1) is 6.61 Å². The summed E-state index contributed by atoms with van der Waals surface area (Å²) in [5.74, 6) is -0.480. The zero-order chi connectivity index (χ0) is 40.7. The van der Waals surface area contributed by atoms with Crippen molar-refractivity contribution in [3.63, 3.8) is 0 Å². The van der Waals surface area contributed by atoms with E-state index in [0.29, 0.717) is 19.4 Å². The molecule has 0 amide bonds. The minimum Gasteiger partial charge on any atom is -0.462 e. The van der Waals surface area contributed by atoms with Crippen molar-refractivity contribution < 1.29 is 23.8 Å². The van der Waals surface area contributed by atoms with E-state index in [-0.39, 0.29) is 25.2 Å². The molecular formula is C51H84O5. The van der Waals surface area contributed by atoms with Gasteiger partial charge in [0.1, 0.15) is 6.61 Å². The lowest BCUT2D eigenvalue weighted by Crippen LogP contribution is -2.30. The quantitative estimate of drug-likeness (QED) is 0.0352. The van der Waals surface area contributed by atoms with Gasteiger partial charge in [-0.3, -0.25) is 9.59 Å². The third-order valence-corrected chi connectivity index (χ3v) is 9.08. The van der Waals surface area contributed by atoms with Gasteiger partial charge in [0.25, 0.3) is 0 Å². The Labute approximate surface area is 345 Å². The molecule has 5 heteroatoms. The second kappa shape index (κ2) is 46.2. The molecule has 0 heterocycles. The molecule has 0 N–H and O–H groups in total. The molecule has 0 aliphatic carbocycles. The van der Waals surface area contributed by atoms with Crippen LogP contribution in [-0.4, -0.2) is 37.9 Å². The highest BCUT2D eigenvalue weighted by Crippen LogP contribution is 2.11. The average Bonchev–Trinajstić information content (AvgIpc) is 3.20. The number of hydrogen-bond donors (Lipinski definition) is 0. The molecule has 0 aromatic carbocycles. The van der Waals surface area contributed by atoms with Crippen molar-refractivity contribution in [1.29, 1.82) is 0 Å². The second-order valence-electron chi connectivity index (χ2n) is 14.5. The highest BCUT2D eigenvalue weighted by Gasteiger charge is 2.17. The van der Waals surface area contributed by atoms with Crippen molar-refractivity contribution in [2.45, 2.75) is 194 Å². The smallest absolute Gasteiger partial charge is 0.306 e. The summed E-state index contributed by atoms with van der Waals surface area (Å²) in [5.41, 5.74) is 0. The summed E-state index contributed by atoms with van der Waals surface area (Å²) in [6.07, 6.45) is 61.3. The first-order chi connectivity index (χ1) is 27.6. The molecule has 0 rings (SSSR count). The minimum atomic E-state index is -0.584. The lowest BCUT2D eigenvalue weighted by Gasteiger charge is -2.18. The first-order valence-corrected chi connectivity index (χ1v) is 22.8. The Bertz CT molecular complexity index is 1110. The summed E-state index contributed by atoms with van der Waals surface area (Å²) in [7, 11) is 0. The topological polar surface area (TPSA) is 61.8 Å². The van der Waals surface area contributed by atoms with Crippen LogP contribution >= 0.6 is 0 Å². The standard InChI is InChI=1S/C51H84O5/c1-4-7-10-13-16-19-22-25-28-31-34-37-40-43-46-54-47-49(56-51(53)45-42-39-36-33-30-27-24-21-18-15-12-9-6-3)48-55-50(52)44-41-38-35-32-29-26-23-20-17-14-11-8-5-2/h7-8,10-11,16-17,19-21,24-26,28-29,34,37,49H,4-6,9,12-15,18,22-23,27,30-33,35-36,38-48H2,1-3H3/b10-7-,11-8-,19-16-,20-17-,24-21-,28-25-,29-26-,37-34-. The Morgan fingerprint density at radius 1 is 0.411 bits per heavy atom. The SMILES string of the molecule is CC/C=C\C/C=C\C/C=C\C/C=C\CCCOCC(COC(=O)CCCCC/C=C\C/C=C\C/C=C\CC)OC(=O)CCCCCCC/C=C\CCCCCC. The first kappa shape index (κ1) is 52.8. The number of allylic oxidation sites excluding steroid dienone is 16. The fourth-order valence-corrected chi connectivity index (χ4v) is 5.76. The van der Waals surface area contributed by atoms with Crippen molar-refractivity contribution in [1.82, 2.24) is 0 Å². The highest BCUT2D eigenvalue weighted by molar-refractivity contribution is 5.70. The van der Waals surface area contributed by atoms with Gasteiger partial charge >= 0.3 is 11.9 Å². The maximum atomic E-state index is 12.7. The van der Waals surface area contributed by atoms with E-state index >= 15 is 0 Å². The Morgan fingerprint density at radius 2 is 0.804 bits per heavy atom. The summed E-state index contributed by atoms with van der Waals surface area (Å²) in [4.78, 5) is 25.2. The maximum absolute atomic E-state index is 12.7. The maximum Gasteiger partial charge on any atom is 0.306 e. The molecule has 1 atom stereocenters. The van der Waals surface area contributed by atoms with Gasteiger partial charge in [0, 0.05) is 19.4 Å². The van der Waals surface area contributed by atoms with E-state index in [9.17, 15) is 9.59 Å². The van der Waals surface area contributed by atoms with Gasteiger partial charge in [0.2, 0.25) is 0 Å². The van der Waals surface area contributed by atoms with Crippen LogP contribution in [0.25, 0.3) is 0 Å². The largest absolute Gasteiger partial charge is 0.462 e. The molecule has 0 spiro atoms. The number of rotatable bonds is 40. The molecule has 0 saturated carbocycles. The fraction of sp³-hybridized carbons (Fsp3) is 0.647. The minimum absolute atomic E-state index is 0.0397. The van der Waals surface area contributed by atoms with E-state index in [2.05, 4.69) is 118 Å². The van der Waals surface area contributed by atoms with E-state index in [1.807, 2.05) is 0 Å². The van der Waals surface area contributed by atoms with Crippen molar-refractivity contribution in [2.24, 2.45) is 0 Å². The second-order valence-corrected chi connectivity index (χ2v) is 14.5. The molecule has 0 radical (unpaired) electrons. The van der Waals surface area contributed by atoms with Gasteiger partial charge in [-0.05, 0) is 109 Å². The molecule has 0 aliphatic rings. The molecule has 0 saturated heterocycles. The van der Waals surface area contributed by atoms with Crippen LogP contribution in [0.4, 0.5) is 0 Å². The van der Waals surface area contributed by atoms with Gasteiger partial charge in [-0.1, -0.05) is 163 Å². The lowest BCUT2D eigenvalue weighted by molar-refractivity contribution is -0.163. The van der Waals surface area contributed by atoms with Crippen LogP contribution in [0.3, 0.4) is 0 Å². The van der Waals surface area contributed by atoms with Crippen molar-refractivity contribution in [2.75, 3.05) is 19.8 Å². The number of carbonyl (C=O) groups excluding carboxylic acids is 2. The van der Waals surface area contributed by atoms with Gasteiger partial charge in [-0.25, -0.2) is 0 Å². The Hall–Kier alpha value is -3.18. The molecule has 5 nitrogen and oxygen atoms in total. The highest BCUT2D eigenvalue weighted by atomic mass is 16.6. The van der Waals surface area contributed by atoms with Gasteiger partial charge < -0.3 is 14.2 Å². The molecule has 56 heavy (non-hydrogen) atoms. The predicted octanol–water partition coefficient (Wildman–Crippen LogP) is 15.1. The normalized spacial score (nSPS) is 13.1. The summed E-state index contributed by atoms with van der Waals surface area (Å²) in [6.45, 7) is 7.39. The summed E-state index contributed by atoms with van der Waals surface area (Å²) < 4.78 is 17.2. The third kappa shape index (κ3) is 43.5. The van der Waals surface area contributed by atoms with Crippen molar-refractivity contribution in [3.05, 3.63) is 97.2 Å². The number of carbonyl (C=O) groups is 2. The van der Waals surface area contributed by atoms with Gasteiger partial charge in [-0.2, -0.15) is 0 Å². The monoisotopic (exact) mass is 777 g/mol. The zero-order valence-electron chi connectivity index (χ0n) is 36.4. The van der Waals surface area contributed by atoms with Gasteiger partial charge in [-0.15, -0.1) is 0 Å². The number of ether oxygens (including phenoxy) is 3. The molecule has 0 bridgehead atoms. The summed E-state index contributed by atoms with van der Waals surface area (Å²) in [6, 6.07) is 0. The van der Waals surface area contributed by atoms with Crippen LogP contribution in [-0.2, 0) is 23.8 Å². The van der Waals surface area contributed by atoms with E-state index in [1.165, 1.54) is 44.9 Å². The average molecular weight is 777 g/mol. The number of hydrogen-bond acceptors (Lipinski definition) is 5. The van der Waals surface area contributed by atoms with Gasteiger partial charge in [0.15, 0.2) is 6.10 Å². The molecule has 0 aliphatic heterocycles. The van der Waals surface area contributed by atoms with E-state index in [4.69, 9.17) is 14.2 Å². The number of unbranched alkanes of at least 4 members (excludes halogenated alkanes) is 13. The fourth-order valence-electron chi connectivity index (χ4n) is 5.76. The number of esters is 2. The Morgan fingerprint density at radius 3 is 1.32 bits per heavy atom. The van der Waals surface area contributed by atoms with Crippen LogP contribution in [0.1, 0.15) is 188 Å². The van der Waals surface area contributed by atoms with E-state index < -0.39 is 6.10 Å². The van der Waals surface area contributed by atoms with Crippen LogP contribution in [0, 0.1) is 0 Å². The summed E-state index contributed by atoms with van der Waals surface area (Å²) >= 11 is 0. The molecule has 318 valence electrons. The zero-order valence-corrected chi connectivity index (χ0v) is 36.4. The van der Waals surface area contributed by atoms with Crippen molar-refractivity contribution in [3.8, 4) is 0 Å². The van der Waals surface area contributed by atoms with Crippen LogP contribution in [0.15, 0.2) is 97.2 Å². The molecule has 1 unspecified atom stereocenters. The van der Waals surface area contributed by atoms with Crippen LogP contribution in [0.5, 0.6) is 0 Å². The Kier molecular flexibility index (Phi) is 43.6. The van der Waals surface area contributed by atoms with E-state index in [0.717, 1.165) is 109 Å². The molecule has 0 aromatic rings. The van der Waals surface area contributed by atoms with Crippen LogP contribution in [0.2, 0.25) is 0 Å². The molecule has 0 aromatic heterocycles. The lowest BCUT2D eigenvalue weighted by atomic mass is 10.1. The molecule has 0 fully saturated rings. The first-order valence-electron chi connectivity index (χ1n) is 22.8. The summed E-state index contributed by atoms with van der Waals surface area (Å²) in [5, 5.41) is 0. The predicted molar refractivity (Wildman–Crippen MR) is 242 cm³/mol.